The van der Waals surface area contributed by atoms with Gasteiger partial charge in [-0.3, -0.25) is 4.79 Å². The number of carbonyl (C=O) groups excluding carboxylic acids is 1. The van der Waals surface area contributed by atoms with E-state index >= 15 is 0 Å². The molecule has 1 aliphatic heterocycles. The highest BCUT2D eigenvalue weighted by molar-refractivity contribution is 5.78. The normalized spacial score (nSPS) is 21.3. The van der Waals surface area contributed by atoms with E-state index < -0.39 is 0 Å². The molecule has 0 radical (unpaired) electrons. The van der Waals surface area contributed by atoms with Crippen LogP contribution in [0.25, 0.3) is 0 Å². The molecule has 0 spiro atoms. The van der Waals surface area contributed by atoms with E-state index in [4.69, 9.17) is 6.42 Å². The van der Waals surface area contributed by atoms with Gasteiger partial charge in [0.15, 0.2) is 0 Å². The summed E-state index contributed by atoms with van der Waals surface area (Å²) in [6.45, 7) is 2.96. The third-order valence-corrected chi connectivity index (χ3v) is 2.61. The van der Waals surface area contributed by atoms with Gasteiger partial charge in [-0.25, -0.2) is 0 Å². The van der Waals surface area contributed by atoms with Crippen LogP contribution >= 0.6 is 0 Å². The summed E-state index contributed by atoms with van der Waals surface area (Å²) in [5.41, 5.74) is 0. The van der Waals surface area contributed by atoms with Crippen molar-refractivity contribution in [1.29, 1.82) is 0 Å². The number of terminal acetylenes is 1. The first-order valence-corrected chi connectivity index (χ1v) is 5.12. The first-order valence-electron chi connectivity index (χ1n) is 5.12. The molecule has 3 nitrogen and oxygen atoms in total. The van der Waals surface area contributed by atoms with Crippen LogP contribution < -0.4 is 5.32 Å². The second kappa shape index (κ2) is 5.66. The Labute approximate surface area is 85.9 Å². The number of hydrogen-bond donors (Lipinski definition) is 1. The molecule has 0 bridgehead atoms. The predicted molar refractivity (Wildman–Crippen MR) is 56.7 cm³/mol. The second-order valence-corrected chi connectivity index (χ2v) is 3.87. The third kappa shape index (κ3) is 3.39. The van der Waals surface area contributed by atoms with Gasteiger partial charge in [0.05, 0.1) is 6.42 Å². The van der Waals surface area contributed by atoms with Crippen molar-refractivity contribution in [3.05, 3.63) is 0 Å². The van der Waals surface area contributed by atoms with Crippen LogP contribution in [-0.2, 0) is 4.79 Å². The number of nitrogens with one attached hydrogen (secondary N) is 1. The van der Waals surface area contributed by atoms with Crippen LogP contribution in [0.1, 0.15) is 19.3 Å². The fourth-order valence-corrected chi connectivity index (χ4v) is 1.79. The van der Waals surface area contributed by atoms with Gasteiger partial charge >= 0.3 is 0 Å². The van der Waals surface area contributed by atoms with Gasteiger partial charge in [0.2, 0.25) is 5.91 Å². The molecule has 14 heavy (non-hydrogen) atoms. The summed E-state index contributed by atoms with van der Waals surface area (Å²) in [6, 6.07) is 0. The molecule has 0 aliphatic carbocycles. The van der Waals surface area contributed by atoms with E-state index in [1.807, 2.05) is 7.05 Å². The van der Waals surface area contributed by atoms with Gasteiger partial charge in [-0.05, 0) is 31.8 Å². The zero-order valence-corrected chi connectivity index (χ0v) is 8.75. The second-order valence-electron chi connectivity index (χ2n) is 3.87. The van der Waals surface area contributed by atoms with Gasteiger partial charge in [-0.15, -0.1) is 6.42 Å². The molecule has 1 saturated heterocycles. The van der Waals surface area contributed by atoms with Gasteiger partial charge in [0, 0.05) is 13.6 Å². The summed E-state index contributed by atoms with van der Waals surface area (Å²) in [5, 5.41) is 3.33. The van der Waals surface area contributed by atoms with Gasteiger partial charge in [0.25, 0.3) is 0 Å². The van der Waals surface area contributed by atoms with Crippen LogP contribution in [0.15, 0.2) is 0 Å². The summed E-state index contributed by atoms with van der Waals surface area (Å²) < 4.78 is 0. The number of rotatable bonds is 3. The Balaban J connectivity index is 2.28. The van der Waals surface area contributed by atoms with Gasteiger partial charge in [-0.1, -0.05) is 5.92 Å². The van der Waals surface area contributed by atoms with Crippen LogP contribution in [0.2, 0.25) is 0 Å². The molecular formula is C11H18N2O. The lowest BCUT2D eigenvalue weighted by atomic mass is 9.99. The molecule has 78 valence electrons. The molecule has 0 aromatic heterocycles. The summed E-state index contributed by atoms with van der Waals surface area (Å²) in [4.78, 5) is 13.1. The first kappa shape index (κ1) is 11.1. The maximum absolute atomic E-state index is 11.4. The zero-order chi connectivity index (χ0) is 10.4. The van der Waals surface area contributed by atoms with Crippen molar-refractivity contribution in [2.45, 2.75) is 19.3 Å². The quantitative estimate of drug-likeness (QED) is 0.662. The maximum atomic E-state index is 11.4. The fraction of sp³-hybridized carbons (Fsp3) is 0.727. The summed E-state index contributed by atoms with van der Waals surface area (Å²) in [6.07, 6.45) is 7.73. The third-order valence-electron chi connectivity index (χ3n) is 2.61. The van der Waals surface area contributed by atoms with E-state index in [-0.39, 0.29) is 12.3 Å². The van der Waals surface area contributed by atoms with Crippen molar-refractivity contribution in [2.75, 3.05) is 26.7 Å². The molecule has 1 rings (SSSR count). The maximum Gasteiger partial charge on any atom is 0.234 e. The van der Waals surface area contributed by atoms with E-state index in [1.165, 1.54) is 12.8 Å². The molecule has 3 heteroatoms. The van der Waals surface area contributed by atoms with Crippen LogP contribution in [0, 0.1) is 18.3 Å². The summed E-state index contributed by atoms with van der Waals surface area (Å²) in [7, 11) is 1.83. The van der Waals surface area contributed by atoms with E-state index in [9.17, 15) is 4.79 Å². The minimum Gasteiger partial charge on any atom is -0.345 e. The molecule has 1 amide bonds. The highest BCUT2D eigenvalue weighted by Gasteiger charge is 2.17. The lowest BCUT2D eigenvalue weighted by Crippen LogP contribution is -2.39. The Kier molecular flexibility index (Phi) is 4.48. The molecule has 1 fully saturated rings. The van der Waals surface area contributed by atoms with Gasteiger partial charge < -0.3 is 10.2 Å². The Morgan fingerprint density at radius 2 is 2.50 bits per heavy atom. The van der Waals surface area contributed by atoms with E-state index in [2.05, 4.69) is 11.2 Å². The van der Waals surface area contributed by atoms with E-state index in [0.717, 1.165) is 19.6 Å². The highest BCUT2D eigenvalue weighted by atomic mass is 16.2. The van der Waals surface area contributed by atoms with Crippen LogP contribution in [0.4, 0.5) is 0 Å². The largest absolute Gasteiger partial charge is 0.345 e. The van der Waals surface area contributed by atoms with Crippen molar-refractivity contribution in [3.8, 4) is 12.3 Å². The van der Waals surface area contributed by atoms with Crippen LogP contribution in [0.5, 0.6) is 0 Å². The van der Waals surface area contributed by atoms with Gasteiger partial charge in [-0.2, -0.15) is 0 Å². The van der Waals surface area contributed by atoms with E-state index in [0.29, 0.717) is 5.92 Å². The number of piperidine rings is 1. The molecular weight excluding hydrogens is 176 g/mol. The average Bonchev–Trinajstić information content (AvgIpc) is 2.19. The van der Waals surface area contributed by atoms with Crippen molar-refractivity contribution in [1.82, 2.24) is 10.2 Å². The first-order chi connectivity index (χ1) is 6.74. The summed E-state index contributed by atoms with van der Waals surface area (Å²) in [5.74, 6) is 3.03. The molecule has 0 aromatic carbocycles. The smallest absolute Gasteiger partial charge is 0.234 e. The predicted octanol–water partition coefficient (Wildman–Crippen LogP) is 0.468. The Bertz CT molecular complexity index is 226. The number of nitrogens with zero attached hydrogens (tertiary/aromatic N) is 1. The molecule has 1 atom stereocenters. The minimum absolute atomic E-state index is 0.0538. The highest BCUT2D eigenvalue weighted by Crippen LogP contribution is 2.11. The fourth-order valence-electron chi connectivity index (χ4n) is 1.79. The van der Waals surface area contributed by atoms with Crippen LogP contribution in [-0.4, -0.2) is 37.5 Å². The molecule has 0 saturated carbocycles. The van der Waals surface area contributed by atoms with Crippen molar-refractivity contribution < 1.29 is 4.79 Å². The van der Waals surface area contributed by atoms with E-state index in [1.54, 1.807) is 4.90 Å². The standard InChI is InChI=1S/C11H18N2O/c1-3-5-11(14)13(2)9-10-6-4-7-12-8-10/h1,10,12H,4-9H2,2H3. The van der Waals surface area contributed by atoms with Gasteiger partial charge in [0.1, 0.15) is 0 Å². The monoisotopic (exact) mass is 194 g/mol. The lowest BCUT2D eigenvalue weighted by molar-refractivity contribution is -0.129. The number of amides is 1. The Hall–Kier alpha value is -1.01. The van der Waals surface area contributed by atoms with Crippen molar-refractivity contribution in [3.63, 3.8) is 0 Å². The SMILES string of the molecule is C#CCC(=O)N(C)CC1CCCNC1. The molecule has 1 heterocycles. The van der Waals surface area contributed by atoms with Crippen molar-refractivity contribution >= 4 is 5.91 Å². The zero-order valence-electron chi connectivity index (χ0n) is 8.75. The summed E-state index contributed by atoms with van der Waals surface area (Å²) >= 11 is 0. The molecule has 1 N–H and O–H groups in total. The van der Waals surface area contributed by atoms with Crippen LogP contribution in [0.3, 0.4) is 0 Å². The lowest BCUT2D eigenvalue weighted by Gasteiger charge is -2.27. The minimum atomic E-state index is 0.0538. The number of hydrogen-bond acceptors (Lipinski definition) is 2. The Morgan fingerprint density at radius 1 is 1.71 bits per heavy atom. The topological polar surface area (TPSA) is 32.3 Å². The van der Waals surface area contributed by atoms with Crippen molar-refractivity contribution in [2.24, 2.45) is 5.92 Å². The molecule has 1 unspecified atom stereocenters. The Morgan fingerprint density at radius 3 is 3.07 bits per heavy atom. The molecule has 1 aliphatic rings. The molecule has 0 aromatic rings. The number of carbonyl (C=O) groups is 1. The average molecular weight is 194 g/mol.